The van der Waals surface area contributed by atoms with Crippen LogP contribution in [0.1, 0.15) is 24.5 Å². The van der Waals surface area contributed by atoms with E-state index in [0.29, 0.717) is 13.0 Å². The summed E-state index contributed by atoms with van der Waals surface area (Å²) in [5.41, 5.74) is 5.69. The minimum absolute atomic E-state index is 0.0961. The molecule has 0 spiro atoms. The number of aromatic hydroxyl groups is 1. The van der Waals surface area contributed by atoms with Gasteiger partial charge in [-0.05, 0) is 41.8 Å². The van der Waals surface area contributed by atoms with Crippen molar-refractivity contribution in [3.63, 3.8) is 0 Å². The Morgan fingerprint density at radius 3 is 2.29 bits per heavy atom. The molecule has 1 fully saturated rings. The molecule has 0 aromatic heterocycles. The molecule has 1 amide bonds. The van der Waals surface area contributed by atoms with Gasteiger partial charge in [-0.2, -0.15) is 5.10 Å². The minimum atomic E-state index is -0.0961. The maximum atomic E-state index is 12.3. The van der Waals surface area contributed by atoms with Crippen molar-refractivity contribution in [1.82, 2.24) is 15.2 Å². The summed E-state index contributed by atoms with van der Waals surface area (Å²) in [4.78, 5) is 16.9. The summed E-state index contributed by atoms with van der Waals surface area (Å²) in [6.07, 6.45) is 0.698. The molecule has 1 heterocycles. The van der Waals surface area contributed by atoms with Crippen LogP contribution in [-0.4, -0.2) is 59.2 Å². The van der Waals surface area contributed by atoms with Crippen LogP contribution in [0.2, 0.25) is 0 Å². The molecule has 6 heteroatoms. The average Bonchev–Trinajstić information content (AvgIpc) is 2.72. The third-order valence-corrected chi connectivity index (χ3v) is 4.93. The van der Waals surface area contributed by atoms with Crippen molar-refractivity contribution in [3.8, 4) is 5.75 Å². The van der Waals surface area contributed by atoms with Gasteiger partial charge in [0.05, 0.1) is 12.3 Å². The van der Waals surface area contributed by atoms with Crippen LogP contribution >= 0.6 is 0 Å². The molecule has 1 aliphatic heterocycles. The van der Waals surface area contributed by atoms with Crippen molar-refractivity contribution in [2.75, 3.05) is 32.7 Å². The Bertz CT molecular complexity index is 782. The van der Waals surface area contributed by atoms with Gasteiger partial charge < -0.3 is 5.11 Å². The van der Waals surface area contributed by atoms with Gasteiger partial charge in [0, 0.05) is 32.7 Å². The molecule has 2 aromatic carbocycles. The van der Waals surface area contributed by atoms with Gasteiger partial charge >= 0.3 is 0 Å². The number of nitrogens with zero attached hydrogens (tertiary/aromatic N) is 3. The Hall–Kier alpha value is -2.70. The number of nitrogens with one attached hydrogen (secondary N) is 1. The molecule has 148 valence electrons. The first-order chi connectivity index (χ1) is 13.6. The number of amides is 1. The van der Waals surface area contributed by atoms with Crippen molar-refractivity contribution in [1.29, 1.82) is 0 Å². The standard InChI is InChI=1S/C22H28N4O2/c1-2-21(19-8-10-20(27)11-9-19)23-24-22(28)17-26-14-12-25(13-15-26)16-18-6-4-3-5-7-18/h3-11,27H,2,12-17H2,1H3,(H,24,28). The number of rotatable bonds is 7. The largest absolute Gasteiger partial charge is 0.508 e. The average molecular weight is 380 g/mol. The summed E-state index contributed by atoms with van der Waals surface area (Å²) in [6, 6.07) is 17.3. The Morgan fingerprint density at radius 2 is 1.64 bits per heavy atom. The van der Waals surface area contributed by atoms with Gasteiger partial charge in [0.2, 0.25) is 0 Å². The van der Waals surface area contributed by atoms with E-state index in [2.05, 4.69) is 44.6 Å². The Kier molecular flexibility index (Phi) is 7.17. The van der Waals surface area contributed by atoms with Crippen LogP contribution < -0.4 is 5.43 Å². The number of hydrogen-bond acceptors (Lipinski definition) is 5. The molecule has 6 nitrogen and oxygen atoms in total. The molecular weight excluding hydrogens is 352 g/mol. The normalized spacial score (nSPS) is 16.1. The van der Waals surface area contributed by atoms with Crippen LogP contribution in [-0.2, 0) is 11.3 Å². The number of hydrazone groups is 1. The highest BCUT2D eigenvalue weighted by atomic mass is 16.3. The van der Waals surface area contributed by atoms with Gasteiger partial charge in [-0.15, -0.1) is 0 Å². The number of phenols is 1. The molecule has 28 heavy (non-hydrogen) atoms. The van der Waals surface area contributed by atoms with E-state index in [4.69, 9.17) is 0 Å². The second-order valence-electron chi connectivity index (χ2n) is 7.03. The fourth-order valence-electron chi connectivity index (χ4n) is 3.32. The fraction of sp³-hybridized carbons (Fsp3) is 0.364. The zero-order chi connectivity index (χ0) is 19.8. The molecule has 0 radical (unpaired) electrons. The second kappa shape index (κ2) is 10.0. The first-order valence-electron chi connectivity index (χ1n) is 9.77. The monoisotopic (exact) mass is 380 g/mol. The molecule has 0 bridgehead atoms. The fourth-order valence-corrected chi connectivity index (χ4v) is 3.32. The van der Waals surface area contributed by atoms with Crippen molar-refractivity contribution in [2.24, 2.45) is 5.10 Å². The van der Waals surface area contributed by atoms with Gasteiger partial charge in [0.25, 0.3) is 5.91 Å². The van der Waals surface area contributed by atoms with Gasteiger partial charge in [-0.3, -0.25) is 14.6 Å². The van der Waals surface area contributed by atoms with E-state index < -0.39 is 0 Å². The van der Waals surface area contributed by atoms with Crippen LogP contribution in [0.4, 0.5) is 0 Å². The molecule has 0 unspecified atom stereocenters. The van der Waals surface area contributed by atoms with Gasteiger partial charge in [-0.25, -0.2) is 5.43 Å². The third kappa shape index (κ3) is 5.90. The van der Waals surface area contributed by atoms with Crippen molar-refractivity contribution in [3.05, 3.63) is 65.7 Å². The molecule has 1 saturated heterocycles. The summed E-state index contributed by atoms with van der Waals surface area (Å²) in [6.45, 7) is 6.97. The number of phenolic OH excluding ortho intramolecular Hbond substituents is 1. The lowest BCUT2D eigenvalue weighted by molar-refractivity contribution is -0.122. The molecule has 0 atom stereocenters. The number of carbonyl (C=O) groups is 1. The van der Waals surface area contributed by atoms with Crippen LogP contribution in [0, 0.1) is 0 Å². The second-order valence-corrected chi connectivity index (χ2v) is 7.03. The molecule has 3 rings (SSSR count). The van der Waals surface area contributed by atoms with Crippen LogP contribution in [0.15, 0.2) is 59.7 Å². The third-order valence-electron chi connectivity index (χ3n) is 4.93. The number of carbonyl (C=O) groups excluding carboxylic acids is 1. The molecule has 0 saturated carbocycles. The minimum Gasteiger partial charge on any atom is -0.508 e. The van der Waals surface area contributed by atoms with Gasteiger partial charge in [0.1, 0.15) is 5.75 Å². The highest BCUT2D eigenvalue weighted by Gasteiger charge is 2.19. The summed E-state index contributed by atoms with van der Waals surface area (Å²) in [5.74, 6) is 0.121. The summed E-state index contributed by atoms with van der Waals surface area (Å²) in [7, 11) is 0. The molecular formula is C22H28N4O2. The summed E-state index contributed by atoms with van der Waals surface area (Å²) >= 11 is 0. The lowest BCUT2D eigenvalue weighted by Crippen LogP contribution is -2.48. The maximum absolute atomic E-state index is 12.3. The smallest absolute Gasteiger partial charge is 0.254 e. The highest BCUT2D eigenvalue weighted by molar-refractivity contribution is 6.01. The first-order valence-corrected chi connectivity index (χ1v) is 9.77. The first kappa shape index (κ1) is 20.0. The van der Waals surface area contributed by atoms with Crippen LogP contribution in [0.25, 0.3) is 0 Å². The highest BCUT2D eigenvalue weighted by Crippen LogP contribution is 2.12. The molecule has 2 aromatic rings. The van der Waals surface area contributed by atoms with Crippen molar-refractivity contribution < 1.29 is 9.90 Å². The number of piperazine rings is 1. The maximum Gasteiger partial charge on any atom is 0.254 e. The quantitative estimate of drug-likeness (QED) is 0.572. The van der Waals surface area contributed by atoms with E-state index >= 15 is 0 Å². The predicted molar refractivity (Wildman–Crippen MR) is 111 cm³/mol. The van der Waals surface area contributed by atoms with E-state index in [0.717, 1.165) is 44.0 Å². The zero-order valence-electron chi connectivity index (χ0n) is 16.3. The Balaban J connectivity index is 1.44. The van der Waals surface area contributed by atoms with Crippen LogP contribution in [0.5, 0.6) is 5.75 Å². The Morgan fingerprint density at radius 1 is 1.00 bits per heavy atom. The van der Waals surface area contributed by atoms with Gasteiger partial charge in [-0.1, -0.05) is 37.3 Å². The van der Waals surface area contributed by atoms with Crippen molar-refractivity contribution >= 4 is 11.6 Å². The van der Waals surface area contributed by atoms with E-state index in [1.165, 1.54) is 5.56 Å². The molecule has 1 aliphatic rings. The number of benzene rings is 2. The lowest BCUT2D eigenvalue weighted by Gasteiger charge is -2.34. The van der Waals surface area contributed by atoms with Crippen LogP contribution in [0.3, 0.4) is 0 Å². The SMILES string of the molecule is CCC(=NNC(=O)CN1CCN(Cc2ccccc2)CC1)c1ccc(O)cc1. The van der Waals surface area contributed by atoms with Crippen molar-refractivity contribution in [2.45, 2.75) is 19.9 Å². The zero-order valence-corrected chi connectivity index (χ0v) is 16.3. The van der Waals surface area contributed by atoms with E-state index in [1.54, 1.807) is 24.3 Å². The summed E-state index contributed by atoms with van der Waals surface area (Å²) < 4.78 is 0. The topological polar surface area (TPSA) is 68.2 Å². The number of hydrogen-bond donors (Lipinski definition) is 2. The van der Waals surface area contributed by atoms with E-state index in [-0.39, 0.29) is 11.7 Å². The summed E-state index contributed by atoms with van der Waals surface area (Å²) in [5, 5.41) is 13.7. The Labute approximate surface area is 166 Å². The lowest BCUT2D eigenvalue weighted by atomic mass is 10.1. The molecule has 2 N–H and O–H groups in total. The van der Waals surface area contributed by atoms with Gasteiger partial charge in [0.15, 0.2) is 0 Å². The van der Waals surface area contributed by atoms with E-state index in [1.807, 2.05) is 13.0 Å². The predicted octanol–water partition coefficient (Wildman–Crippen LogP) is 2.44. The molecule has 0 aliphatic carbocycles. The van der Waals surface area contributed by atoms with E-state index in [9.17, 15) is 9.90 Å².